The summed E-state index contributed by atoms with van der Waals surface area (Å²) in [5, 5.41) is 0.640. The van der Waals surface area contributed by atoms with Crippen LogP contribution in [0.2, 0.25) is 5.02 Å². The van der Waals surface area contributed by atoms with E-state index in [1.807, 2.05) is 46.2 Å². The molecule has 2 aromatic carbocycles. The summed E-state index contributed by atoms with van der Waals surface area (Å²) in [5.74, 6) is 1.08. The molecule has 7 heteroatoms. The summed E-state index contributed by atoms with van der Waals surface area (Å²) in [7, 11) is 0. The average Bonchev–Trinajstić information content (AvgIpc) is 2.88. The van der Waals surface area contributed by atoms with Crippen LogP contribution in [0.4, 0.5) is 0 Å². The number of piperidine rings is 1. The van der Waals surface area contributed by atoms with Gasteiger partial charge >= 0.3 is 0 Å². The van der Waals surface area contributed by atoms with Gasteiger partial charge in [-0.1, -0.05) is 48.4 Å². The molecule has 2 aromatic rings. The zero-order valence-electron chi connectivity index (χ0n) is 22.1. The number of halogens is 1. The first-order valence-corrected chi connectivity index (χ1v) is 14.0. The Kier molecular flexibility index (Phi) is 9.14. The van der Waals surface area contributed by atoms with Crippen molar-refractivity contribution in [2.45, 2.75) is 70.9 Å². The Morgan fingerprint density at radius 1 is 1.05 bits per heavy atom. The second-order valence-corrected chi connectivity index (χ2v) is 11.2. The third-order valence-corrected chi connectivity index (χ3v) is 8.18. The summed E-state index contributed by atoms with van der Waals surface area (Å²) < 4.78 is 6.13. The molecule has 0 unspecified atom stereocenters. The Hall–Kier alpha value is -2.57. The van der Waals surface area contributed by atoms with Gasteiger partial charge in [-0.2, -0.15) is 0 Å². The predicted molar refractivity (Wildman–Crippen MR) is 148 cm³/mol. The summed E-state index contributed by atoms with van der Waals surface area (Å²) in [4.78, 5) is 31.1. The molecule has 1 atom stereocenters. The highest BCUT2D eigenvalue weighted by atomic mass is 35.5. The van der Waals surface area contributed by atoms with Crippen molar-refractivity contribution < 1.29 is 14.3 Å². The molecule has 37 heavy (non-hydrogen) atoms. The molecule has 1 fully saturated rings. The molecule has 6 nitrogen and oxygen atoms in total. The number of benzene rings is 2. The van der Waals surface area contributed by atoms with Crippen molar-refractivity contribution in [2.24, 2.45) is 11.1 Å². The van der Waals surface area contributed by atoms with Crippen molar-refractivity contribution in [3.8, 4) is 5.75 Å². The maximum Gasteiger partial charge on any atom is 0.239 e. The van der Waals surface area contributed by atoms with Crippen LogP contribution in [0.15, 0.2) is 48.5 Å². The van der Waals surface area contributed by atoms with Crippen LogP contribution < -0.4 is 10.5 Å². The van der Waals surface area contributed by atoms with Gasteiger partial charge in [0.2, 0.25) is 11.8 Å². The number of likely N-dealkylation sites (tertiary alicyclic amines) is 1. The van der Waals surface area contributed by atoms with E-state index < -0.39 is 11.5 Å². The van der Waals surface area contributed by atoms with Crippen molar-refractivity contribution in [1.29, 1.82) is 0 Å². The van der Waals surface area contributed by atoms with Gasteiger partial charge in [-0.3, -0.25) is 9.59 Å². The Bertz CT molecular complexity index is 1080. The lowest BCUT2D eigenvalue weighted by Gasteiger charge is -2.45. The lowest BCUT2D eigenvalue weighted by molar-refractivity contribution is -0.151. The zero-order chi connectivity index (χ0) is 26.4. The minimum Gasteiger partial charge on any atom is -0.491 e. The smallest absolute Gasteiger partial charge is 0.239 e. The van der Waals surface area contributed by atoms with E-state index in [0.717, 1.165) is 37.0 Å². The van der Waals surface area contributed by atoms with Gasteiger partial charge in [-0.15, -0.1) is 0 Å². The van der Waals surface area contributed by atoms with Gasteiger partial charge in [0.1, 0.15) is 12.4 Å². The number of ether oxygens (including phenoxy) is 1. The van der Waals surface area contributed by atoms with E-state index in [-0.39, 0.29) is 17.9 Å². The minimum atomic E-state index is -0.621. The molecule has 2 N–H and O–H groups in total. The van der Waals surface area contributed by atoms with Crippen LogP contribution in [0.1, 0.15) is 57.1 Å². The molecule has 2 aliphatic rings. The number of aryl methyl sites for hydroxylation is 1. The largest absolute Gasteiger partial charge is 0.491 e. The Morgan fingerprint density at radius 3 is 2.54 bits per heavy atom. The fourth-order valence-electron chi connectivity index (χ4n) is 5.75. The SMILES string of the molecule is CC(C)N1CCOc2ccccc2CCCCC2(CCN(C(=O)[C@@H](N)Cc3cccc(Cl)c3)CC2)C1=O. The Balaban J connectivity index is 1.45. The molecule has 2 heterocycles. The molecule has 0 saturated carbocycles. The summed E-state index contributed by atoms with van der Waals surface area (Å²) in [6.07, 6.45) is 5.54. The summed E-state index contributed by atoms with van der Waals surface area (Å²) in [5.41, 5.74) is 8.05. The summed E-state index contributed by atoms with van der Waals surface area (Å²) in [6, 6.07) is 15.2. The van der Waals surface area contributed by atoms with Crippen molar-refractivity contribution >= 4 is 23.4 Å². The topological polar surface area (TPSA) is 75.9 Å². The molecular formula is C30H40ClN3O3. The Morgan fingerprint density at radius 2 is 1.81 bits per heavy atom. The highest BCUT2D eigenvalue weighted by molar-refractivity contribution is 6.30. The first kappa shape index (κ1) is 27.5. The number of nitrogens with two attached hydrogens (primary N) is 1. The summed E-state index contributed by atoms with van der Waals surface area (Å²) >= 11 is 6.10. The van der Waals surface area contributed by atoms with E-state index in [4.69, 9.17) is 22.1 Å². The number of fused-ring (bicyclic) bond motifs is 1. The number of amides is 2. The van der Waals surface area contributed by atoms with Gasteiger partial charge in [0.15, 0.2) is 0 Å². The highest BCUT2D eigenvalue weighted by Gasteiger charge is 2.44. The molecule has 0 aromatic heterocycles. The average molecular weight is 526 g/mol. The van der Waals surface area contributed by atoms with E-state index in [1.165, 1.54) is 5.56 Å². The van der Waals surface area contributed by atoms with Crippen LogP contribution in [-0.2, 0) is 22.4 Å². The maximum absolute atomic E-state index is 14.0. The van der Waals surface area contributed by atoms with Crippen molar-refractivity contribution in [1.82, 2.24) is 9.80 Å². The predicted octanol–water partition coefficient (Wildman–Crippen LogP) is 4.86. The normalized spacial score (nSPS) is 19.5. The van der Waals surface area contributed by atoms with E-state index in [0.29, 0.717) is 50.5 Å². The standard InChI is InChI=1S/C30H40ClN3O3/c1-22(2)34-18-19-37-27-12-4-3-9-24(27)10-5-6-13-30(29(34)36)14-16-33(17-15-30)28(35)26(32)21-23-8-7-11-25(31)20-23/h3-4,7-9,11-12,20,22,26H,5-6,10,13-19,21,32H2,1-2H3/t26-/m0/s1. The van der Waals surface area contributed by atoms with Crippen LogP contribution in [0.5, 0.6) is 5.75 Å². The molecule has 0 radical (unpaired) electrons. The lowest BCUT2D eigenvalue weighted by Crippen LogP contribution is -2.55. The van der Waals surface area contributed by atoms with E-state index in [1.54, 1.807) is 0 Å². The zero-order valence-corrected chi connectivity index (χ0v) is 22.9. The van der Waals surface area contributed by atoms with Crippen LogP contribution in [0.3, 0.4) is 0 Å². The molecule has 4 rings (SSSR count). The maximum atomic E-state index is 14.0. The molecule has 0 bridgehead atoms. The molecule has 2 amide bonds. The quantitative estimate of drug-likeness (QED) is 0.618. The molecule has 0 aliphatic carbocycles. The number of rotatable bonds is 4. The number of hydrogen-bond donors (Lipinski definition) is 1. The fourth-order valence-corrected chi connectivity index (χ4v) is 5.96. The number of hydrogen-bond acceptors (Lipinski definition) is 4. The summed E-state index contributed by atoms with van der Waals surface area (Å²) in [6.45, 7) is 6.27. The number of carbonyl (C=O) groups is 2. The fraction of sp³-hybridized carbons (Fsp3) is 0.533. The van der Waals surface area contributed by atoms with Gasteiger partial charge in [-0.05, 0) is 81.7 Å². The van der Waals surface area contributed by atoms with Gasteiger partial charge in [0.25, 0.3) is 0 Å². The third kappa shape index (κ3) is 6.66. The van der Waals surface area contributed by atoms with Crippen molar-refractivity contribution in [3.05, 3.63) is 64.7 Å². The van der Waals surface area contributed by atoms with Gasteiger partial charge in [-0.25, -0.2) is 0 Å². The van der Waals surface area contributed by atoms with E-state index in [9.17, 15) is 9.59 Å². The molecule has 1 spiro atoms. The van der Waals surface area contributed by atoms with Crippen LogP contribution in [0, 0.1) is 5.41 Å². The van der Waals surface area contributed by atoms with Crippen molar-refractivity contribution in [3.63, 3.8) is 0 Å². The monoisotopic (exact) mass is 525 g/mol. The molecular weight excluding hydrogens is 486 g/mol. The molecule has 1 saturated heterocycles. The molecule has 200 valence electrons. The second-order valence-electron chi connectivity index (χ2n) is 10.8. The highest BCUT2D eigenvalue weighted by Crippen LogP contribution is 2.40. The van der Waals surface area contributed by atoms with E-state index >= 15 is 0 Å². The van der Waals surface area contributed by atoms with Gasteiger partial charge in [0.05, 0.1) is 18.0 Å². The van der Waals surface area contributed by atoms with Crippen LogP contribution in [-0.4, -0.2) is 59.9 Å². The molecule has 2 aliphatic heterocycles. The first-order chi connectivity index (χ1) is 17.8. The minimum absolute atomic E-state index is 0.0545. The number of nitrogens with zero attached hydrogens (tertiary/aromatic N) is 2. The van der Waals surface area contributed by atoms with Gasteiger partial charge in [0, 0.05) is 24.2 Å². The number of para-hydroxylation sites is 1. The second kappa shape index (κ2) is 12.3. The van der Waals surface area contributed by atoms with Crippen molar-refractivity contribution in [2.75, 3.05) is 26.2 Å². The Labute approximate surface area is 226 Å². The van der Waals surface area contributed by atoms with E-state index in [2.05, 4.69) is 26.0 Å². The third-order valence-electron chi connectivity index (χ3n) is 7.95. The van der Waals surface area contributed by atoms with Crippen LogP contribution >= 0.6 is 11.6 Å². The van der Waals surface area contributed by atoms with Gasteiger partial charge < -0.3 is 20.3 Å². The lowest BCUT2D eigenvalue weighted by atomic mass is 9.72. The first-order valence-electron chi connectivity index (χ1n) is 13.6. The van der Waals surface area contributed by atoms with Crippen LogP contribution in [0.25, 0.3) is 0 Å². The number of carbonyl (C=O) groups excluding carboxylic acids is 2.